The van der Waals surface area contributed by atoms with Gasteiger partial charge in [0.05, 0.1) is 7.11 Å². The second kappa shape index (κ2) is 5.83. The van der Waals surface area contributed by atoms with Gasteiger partial charge in [0.25, 0.3) is 0 Å². The molecule has 0 atom stereocenters. The molecule has 0 bridgehead atoms. The summed E-state index contributed by atoms with van der Waals surface area (Å²) in [5.41, 5.74) is 0.373. The topological polar surface area (TPSA) is 98.5 Å². The van der Waals surface area contributed by atoms with Gasteiger partial charge in [-0.3, -0.25) is 4.79 Å². The van der Waals surface area contributed by atoms with E-state index < -0.39 is 10.0 Å². The molecule has 0 heterocycles. The zero-order valence-corrected chi connectivity index (χ0v) is 11.1. The molecule has 0 aromatic heterocycles. The Bertz CT molecular complexity index is 540. The Hall–Kier alpha value is -1.60. The van der Waals surface area contributed by atoms with Crippen LogP contribution in [0, 0.1) is 0 Å². The predicted molar refractivity (Wildman–Crippen MR) is 67.9 cm³/mol. The fraction of sp³-hybridized carbons (Fsp3) is 0.364. The van der Waals surface area contributed by atoms with E-state index in [0.29, 0.717) is 18.5 Å². The third kappa shape index (κ3) is 3.71. The van der Waals surface area contributed by atoms with Gasteiger partial charge in [0.15, 0.2) is 0 Å². The number of carbonyl (C=O) groups is 1. The highest BCUT2D eigenvalue weighted by molar-refractivity contribution is 7.89. The maximum Gasteiger partial charge on any atom is 0.241 e. The van der Waals surface area contributed by atoms with Gasteiger partial charge in [-0.2, -0.15) is 0 Å². The molecule has 1 amide bonds. The van der Waals surface area contributed by atoms with Crippen molar-refractivity contribution in [1.29, 1.82) is 0 Å². The molecule has 0 saturated heterocycles. The molecule has 0 radical (unpaired) electrons. The number of benzene rings is 1. The summed E-state index contributed by atoms with van der Waals surface area (Å²) in [4.78, 5) is 11.3. The summed E-state index contributed by atoms with van der Waals surface area (Å²) in [5.74, 6) is -0.0333. The second-order valence-corrected chi connectivity index (χ2v) is 5.24. The van der Waals surface area contributed by atoms with Gasteiger partial charge in [-0.15, -0.1) is 0 Å². The lowest BCUT2D eigenvalue weighted by Gasteiger charge is -2.10. The van der Waals surface area contributed by atoms with Crippen LogP contribution in [0.15, 0.2) is 23.1 Å². The number of hydrogen-bond donors (Lipinski definition) is 2. The van der Waals surface area contributed by atoms with Crippen molar-refractivity contribution in [1.82, 2.24) is 0 Å². The van der Waals surface area contributed by atoms with E-state index in [0.717, 1.165) is 0 Å². The predicted octanol–water partition coefficient (Wildman–Crippen LogP) is 1.08. The first-order valence-electron chi connectivity index (χ1n) is 5.39. The molecule has 0 aliphatic rings. The van der Waals surface area contributed by atoms with Crippen molar-refractivity contribution >= 4 is 21.6 Å². The Morgan fingerprint density at radius 2 is 2.11 bits per heavy atom. The van der Waals surface area contributed by atoms with Gasteiger partial charge in [-0.05, 0) is 24.6 Å². The van der Waals surface area contributed by atoms with Crippen molar-refractivity contribution in [2.45, 2.75) is 24.7 Å². The Morgan fingerprint density at radius 3 is 2.61 bits per heavy atom. The molecule has 0 aliphatic carbocycles. The maximum atomic E-state index is 11.4. The van der Waals surface area contributed by atoms with E-state index in [9.17, 15) is 13.2 Å². The number of sulfonamides is 1. The van der Waals surface area contributed by atoms with Crippen LogP contribution in [0.5, 0.6) is 5.75 Å². The van der Waals surface area contributed by atoms with E-state index in [-0.39, 0.29) is 16.6 Å². The van der Waals surface area contributed by atoms with Gasteiger partial charge in [-0.25, -0.2) is 13.6 Å². The maximum absolute atomic E-state index is 11.4. The lowest BCUT2D eigenvalue weighted by Crippen LogP contribution is -2.15. The molecule has 0 fully saturated rings. The van der Waals surface area contributed by atoms with Crippen LogP contribution in [0.3, 0.4) is 0 Å². The summed E-state index contributed by atoms with van der Waals surface area (Å²) in [6, 6.07) is 4.28. The van der Waals surface area contributed by atoms with E-state index in [1.54, 1.807) is 6.07 Å². The van der Waals surface area contributed by atoms with Crippen molar-refractivity contribution in [3.8, 4) is 5.75 Å². The normalized spacial score (nSPS) is 11.1. The fourth-order valence-corrected chi connectivity index (χ4v) is 2.15. The molecule has 0 aliphatic heterocycles. The molecule has 6 nitrogen and oxygen atoms in total. The Balaban J connectivity index is 3.08. The number of rotatable bonds is 5. The standard InChI is InChI=1S/C11H16N2O4S/c1-3-4-11(14)13-8-5-6-9(17-2)10(7-8)18(12,15)16/h5-7H,3-4H2,1-2H3,(H,13,14)(H2,12,15,16). The van der Waals surface area contributed by atoms with Crippen LogP contribution in [0.4, 0.5) is 5.69 Å². The number of anilines is 1. The third-order valence-electron chi connectivity index (χ3n) is 2.23. The molecule has 3 N–H and O–H groups in total. The van der Waals surface area contributed by atoms with Gasteiger partial charge in [0, 0.05) is 12.1 Å². The van der Waals surface area contributed by atoms with E-state index in [1.807, 2.05) is 6.92 Å². The Morgan fingerprint density at radius 1 is 1.44 bits per heavy atom. The molecule has 1 aromatic rings. The first-order chi connectivity index (χ1) is 8.38. The van der Waals surface area contributed by atoms with Crippen LogP contribution in [0.2, 0.25) is 0 Å². The zero-order chi connectivity index (χ0) is 13.8. The molecular weight excluding hydrogens is 256 g/mol. The smallest absolute Gasteiger partial charge is 0.241 e. The monoisotopic (exact) mass is 272 g/mol. The summed E-state index contributed by atoms with van der Waals surface area (Å²) in [7, 11) is -2.55. The van der Waals surface area contributed by atoms with Crippen LogP contribution in [0.25, 0.3) is 0 Å². The van der Waals surface area contributed by atoms with E-state index in [1.165, 1.54) is 19.2 Å². The molecule has 1 aromatic carbocycles. The minimum atomic E-state index is -3.89. The van der Waals surface area contributed by atoms with Crippen molar-refractivity contribution in [3.63, 3.8) is 0 Å². The SMILES string of the molecule is CCCC(=O)Nc1ccc(OC)c(S(N)(=O)=O)c1. The molecule has 7 heteroatoms. The Kier molecular flexibility index (Phi) is 4.69. The van der Waals surface area contributed by atoms with Gasteiger partial charge in [-0.1, -0.05) is 6.92 Å². The van der Waals surface area contributed by atoms with E-state index in [2.05, 4.69) is 5.32 Å². The van der Waals surface area contributed by atoms with Crippen LogP contribution in [-0.2, 0) is 14.8 Å². The average Bonchev–Trinajstić information content (AvgIpc) is 2.28. The highest BCUT2D eigenvalue weighted by atomic mass is 32.2. The minimum Gasteiger partial charge on any atom is -0.495 e. The summed E-state index contributed by atoms with van der Waals surface area (Å²) in [6.07, 6.45) is 1.08. The third-order valence-corrected chi connectivity index (χ3v) is 3.16. The number of ether oxygens (including phenoxy) is 1. The first-order valence-corrected chi connectivity index (χ1v) is 6.93. The summed E-state index contributed by atoms with van der Waals surface area (Å²) >= 11 is 0. The highest BCUT2D eigenvalue weighted by Crippen LogP contribution is 2.26. The first kappa shape index (κ1) is 14.5. The lowest BCUT2D eigenvalue weighted by atomic mass is 10.2. The lowest BCUT2D eigenvalue weighted by molar-refractivity contribution is -0.116. The van der Waals surface area contributed by atoms with E-state index in [4.69, 9.17) is 9.88 Å². The van der Waals surface area contributed by atoms with Gasteiger partial charge in [0.1, 0.15) is 10.6 Å². The molecule has 0 saturated carbocycles. The number of hydrogen-bond acceptors (Lipinski definition) is 4. The van der Waals surface area contributed by atoms with Crippen molar-refractivity contribution < 1.29 is 17.9 Å². The van der Waals surface area contributed by atoms with Crippen molar-refractivity contribution in [3.05, 3.63) is 18.2 Å². The van der Waals surface area contributed by atoms with Crippen molar-refractivity contribution in [2.24, 2.45) is 5.14 Å². The minimum absolute atomic E-state index is 0.144. The van der Waals surface area contributed by atoms with Gasteiger partial charge >= 0.3 is 0 Å². The molecule has 1 rings (SSSR count). The van der Waals surface area contributed by atoms with Crippen molar-refractivity contribution in [2.75, 3.05) is 12.4 Å². The quantitative estimate of drug-likeness (QED) is 0.837. The summed E-state index contributed by atoms with van der Waals surface area (Å²) in [5, 5.41) is 7.66. The largest absolute Gasteiger partial charge is 0.495 e. The Labute approximate surface area is 106 Å². The number of carbonyl (C=O) groups excluding carboxylic acids is 1. The highest BCUT2D eigenvalue weighted by Gasteiger charge is 2.16. The van der Waals surface area contributed by atoms with Crippen LogP contribution >= 0.6 is 0 Å². The fourth-order valence-electron chi connectivity index (χ4n) is 1.43. The number of primary sulfonamides is 1. The summed E-state index contributed by atoms with van der Waals surface area (Å²) < 4.78 is 27.6. The van der Waals surface area contributed by atoms with Crippen LogP contribution < -0.4 is 15.2 Å². The number of amides is 1. The van der Waals surface area contributed by atoms with E-state index >= 15 is 0 Å². The average molecular weight is 272 g/mol. The second-order valence-electron chi connectivity index (χ2n) is 3.71. The van der Waals surface area contributed by atoms with Crippen LogP contribution in [-0.4, -0.2) is 21.4 Å². The molecule has 0 unspecified atom stereocenters. The molecular formula is C11H16N2O4S. The number of methoxy groups -OCH3 is 1. The molecule has 100 valence electrons. The molecule has 18 heavy (non-hydrogen) atoms. The van der Waals surface area contributed by atoms with Gasteiger partial charge in [0.2, 0.25) is 15.9 Å². The van der Waals surface area contributed by atoms with Crippen LogP contribution in [0.1, 0.15) is 19.8 Å². The van der Waals surface area contributed by atoms with Gasteiger partial charge < -0.3 is 10.1 Å². The molecule has 0 spiro atoms. The number of nitrogens with two attached hydrogens (primary N) is 1. The number of nitrogens with one attached hydrogen (secondary N) is 1. The summed E-state index contributed by atoms with van der Waals surface area (Å²) in [6.45, 7) is 1.88. The zero-order valence-electron chi connectivity index (χ0n) is 10.3.